The summed E-state index contributed by atoms with van der Waals surface area (Å²) in [5.41, 5.74) is 0. The molecular weight excluding hydrogens is 325 g/mol. The molecule has 0 aromatic rings. The van der Waals surface area contributed by atoms with Crippen molar-refractivity contribution in [2.75, 3.05) is 26.2 Å². The number of rotatable bonds is 12. The van der Waals surface area contributed by atoms with Crippen LogP contribution in [0.1, 0.15) is 79.1 Å². The minimum Gasteiger partial charge on any atom is -0.759 e. The van der Waals surface area contributed by atoms with Crippen molar-refractivity contribution < 1.29 is 51.6 Å². The maximum atomic E-state index is 8.52. The molecule has 0 bridgehead atoms. The van der Waals surface area contributed by atoms with Gasteiger partial charge in [-0.3, -0.25) is 8.42 Å². The van der Waals surface area contributed by atoms with Crippen molar-refractivity contribution in [1.82, 2.24) is 0 Å². The summed E-state index contributed by atoms with van der Waals surface area (Å²) in [7, 11) is -5.17. The summed E-state index contributed by atoms with van der Waals surface area (Å²) < 4.78 is 35.5. The van der Waals surface area contributed by atoms with Crippen LogP contribution in [-0.2, 0) is 10.4 Å². The van der Waals surface area contributed by atoms with Crippen molar-refractivity contribution in [2.45, 2.75) is 79.1 Å². The van der Waals surface area contributed by atoms with Crippen molar-refractivity contribution in [3.05, 3.63) is 0 Å². The molecule has 136 valence electrons. The fraction of sp³-hybridized carbons (Fsp3) is 1.00. The van der Waals surface area contributed by atoms with Crippen LogP contribution in [0.25, 0.3) is 0 Å². The fourth-order valence-corrected chi connectivity index (χ4v) is 2.64. The number of quaternary nitrogens is 1. The second kappa shape index (κ2) is 17.6. The van der Waals surface area contributed by atoms with E-state index in [0.717, 1.165) is 0 Å². The minimum atomic E-state index is -5.17. The van der Waals surface area contributed by atoms with Crippen molar-refractivity contribution in [2.24, 2.45) is 0 Å². The van der Waals surface area contributed by atoms with Crippen molar-refractivity contribution in [3.8, 4) is 0 Å². The number of nitrogens with zero attached hydrogens (tertiary/aromatic N) is 1. The van der Waals surface area contributed by atoms with E-state index in [9.17, 15) is 0 Å². The molecular formula is C16H36NNaO4S. The first-order chi connectivity index (χ1) is 10.2. The standard InChI is InChI=1S/C16H36N.Na.H2O4S/c1-5-9-13-17(14-10-6-2,15-11-7-3)16-12-8-4;;1-5(2,3)4/h5-16H2,1-4H3;;(H2,1,2,3,4)/q2*+1;/p-2. The molecule has 23 heavy (non-hydrogen) atoms. The van der Waals surface area contributed by atoms with E-state index in [1.165, 1.54) is 82.0 Å². The van der Waals surface area contributed by atoms with Gasteiger partial charge in [0.25, 0.3) is 0 Å². The van der Waals surface area contributed by atoms with E-state index >= 15 is 0 Å². The third kappa shape index (κ3) is 22.8. The molecule has 0 aliphatic carbocycles. The van der Waals surface area contributed by atoms with Crippen molar-refractivity contribution in [1.29, 1.82) is 0 Å². The van der Waals surface area contributed by atoms with E-state index in [2.05, 4.69) is 27.7 Å². The Balaban J connectivity index is -0.000000578. The first kappa shape index (κ1) is 28.6. The minimum absolute atomic E-state index is 0. The zero-order valence-electron chi connectivity index (χ0n) is 16.0. The quantitative estimate of drug-likeness (QED) is 0.221. The molecule has 0 aliphatic rings. The van der Waals surface area contributed by atoms with Crippen molar-refractivity contribution >= 4 is 10.4 Å². The molecule has 0 fully saturated rings. The summed E-state index contributed by atoms with van der Waals surface area (Å²) in [5, 5.41) is 0. The Morgan fingerprint density at radius 1 is 0.652 bits per heavy atom. The van der Waals surface area contributed by atoms with Crippen LogP contribution in [0.4, 0.5) is 0 Å². The van der Waals surface area contributed by atoms with Gasteiger partial charge in [-0.1, -0.05) is 53.4 Å². The van der Waals surface area contributed by atoms with E-state index < -0.39 is 10.4 Å². The Labute approximate surface area is 166 Å². The summed E-state index contributed by atoms with van der Waals surface area (Å²) in [6.45, 7) is 15.0. The monoisotopic (exact) mass is 361 g/mol. The van der Waals surface area contributed by atoms with Gasteiger partial charge in [-0.2, -0.15) is 0 Å². The zero-order valence-corrected chi connectivity index (χ0v) is 18.8. The van der Waals surface area contributed by atoms with E-state index in [-0.39, 0.29) is 29.6 Å². The van der Waals surface area contributed by atoms with Gasteiger partial charge >= 0.3 is 29.6 Å². The maximum Gasteiger partial charge on any atom is 1.00 e. The van der Waals surface area contributed by atoms with Gasteiger partial charge in [-0.25, -0.2) is 0 Å². The first-order valence-corrected chi connectivity index (χ1v) is 10.1. The van der Waals surface area contributed by atoms with Gasteiger partial charge in [0.2, 0.25) is 0 Å². The van der Waals surface area contributed by atoms with E-state index in [0.29, 0.717) is 0 Å². The smallest absolute Gasteiger partial charge is 0.759 e. The van der Waals surface area contributed by atoms with Crippen LogP contribution in [0.5, 0.6) is 0 Å². The molecule has 0 heterocycles. The van der Waals surface area contributed by atoms with Gasteiger partial charge in [0, 0.05) is 10.4 Å². The number of hydrogen-bond donors (Lipinski definition) is 0. The van der Waals surface area contributed by atoms with Gasteiger partial charge in [-0.05, 0) is 25.7 Å². The Kier molecular flexibility index (Phi) is 22.0. The Bertz CT molecular complexity index is 291. The predicted molar refractivity (Wildman–Crippen MR) is 89.8 cm³/mol. The molecule has 0 N–H and O–H groups in total. The average molecular weight is 362 g/mol. The molecule has 0 radical (unpaired) electrons. The molecule has 0 unspecified atom stereocenters. The summed E-state index contributed by atoms with van der Waals surface area (Å²) >= 11 is 0. The number of hydrogen-bond acceptors (Lipinski definition) is 4. The van der Waals surface area contributed by atoms with Crippen LogP contribution in [-0.4, -0.2) is 48.2 Å². The van der Waals surface area contributed by atoms with Gasteiger partial charge in [0.05, 0.1) is 26.2 Å². The van der Waals surface area contributed by atoms with Crippen LogP contribution in [0, 0.1) is 0 Å². The third-order valence-electron chi connectivity index (χ3n) is 3.94. The number of unbranched alkanes of at least 4 members (excludes halogenated alkanes) is 4. The largest absolute Gasteiger partial charge is 1.00 e. The molecule has 7 heteroatoms. The topological polar surface area (TPSA) is 80.3 Å². The van der Waals surface area contributed by atoms with Gasteiger partial charge in [0.1, 0.15) is 0 Å². The molecule has 0 aromatic carbocycles. The summed E-state index contributed by atoms with van der Waals surface area (Å²) in [6.07, 6.45) is 11.1. The van der Waals surface area contributed by atoms with Crippen molar-refractivity contribution in [3.63, 3.8) is 0 Å². The van der Waals surface area contributed by atoms with Gasteiger partial charge < -0.3 is 13.6 Å². The van der Waals surface area contributed by atoms with Crippen LogP contribution in [0.15, 0.2) is 0 Å². The average Bonchev–Trinajstić information content (AvgIpc) is 2.44. The van der Waals surface area contributed by atoms with Crippen LogP contribution < -0.4 is 29.6 Å². The molecule has 0 saturated carbocycles. The molecule has 0 spiro atoms. The summed E-state index contributed by atoms with van der Waals surface area (Å²) in [6, 6.07) is 0. The summed E-state index contributed by atoms with van der Waals surface area (Å²) in [4.78, 5) is 0. The molecule has 0 aliphatic heterocycles. The Hall–Kier alpha value is 0.830. The molecule has 0 aromatic heterocycles. The second-order valence-corrected chi connectivity index (χ2v) is 6.88. The molecule has 0 atom stereocenters. The predicted octanol–water partition coefficient (Wildman–Crippen LogP) is 0.670. The fourth-order valence-electron chi connectivity index (χ4n) is 2.64. The molecule has 5 nitrogen and oxygen atoms in total. The van der Waals surface area contributed by atoms with Crippen LogP contribution in [0.2, 0.25) is 0 Å². The molecule has 0 saturated heterocycles. The SMILES string of the molecule is CCCC[N+](CCCC)(CCCC)CCCC.O=S(=O)([O-])[O-].[Na+]. The van der Waals surface area contributed by atoms with Crippen LogP contribution in [0.3, 0.4) is 0 Å². The molecule has 0 amide bonds. The second-order valence-electron chi connectivity index (χ2n) is 6.06. The summed E-state index contributed by atoms with van der Waals surface area (Å²) in [5.74, 6) is 0. The zero-order chi connectivity index (χ0) is 17.5. The normalized spacial score (nSPS) is 11.4. The van der Waals surface area contributed by atoms with Crippen LogP contribution >= 0.6 is 0 Å². The molecule has 0 rings (SSSR count). The van der Waals surface area contributed by atoms with E-state index in [1.54, 1.807) is 0 Å². The van der Waals surface area contributed by atoms with E-state index in [1.807, 2.05) is 0 Å². The Morgan fingerprint density at radius 3 is 0.957 bits per heavy atom. The third-order valence-corrected chi connectivity index (χ3v) is 3.94. The Morgan fingerprint density at radius 2 is 0.826 bits per heavy atom. The van der Waals surface area contributed by atoms with Gasteiger partial charge in [0.15, 0.2) is 0 Å². The maximum absolute atomic E-state index is 8.52. The van der Waals surface area contributed by atoms with E-state index in [4.69, 9.17) is 17.5 Å². The first-order valence-electron chi connectivity index (χ1n) is 8.76. The van der Waals surface area contributed by atoms with Gasteiger partial charge in [-0.15, -0.1) is 0 Å².